The number of fused-ring (bicyclic) bond motifs is 1. The van der Waals surface area contributed by atoms with Crippen LogP contribution < -0.4 is 5.32 Å². The first-order valence-corrected chi connectivity index (χ1v) is 11.9. The Morgan fingerprint density at radius 1 is 1.26 bits per heavy atom. The number of benzene rings is 1. The van der Waals surface area contributed by atoms with Crippen LogP contribution in [0.5, 0.6) is 0 Å². The number of hydrogen-bond donors (Lipinski definition) is 2. The Balaban J connectivity index is 1.99. The van der Waals surface area contributed by atoms with Crippen molar-refractivity contribution in [3.8, 4) is 11.3 Å². The molecule has 0 aliphatic heterocycles. The zero-order valence-electron chi connectivity index (χ0n) is 19.4. The Kier molecular flexibility index (Phi) is 8.72. The summed E-state index contributed by atoms with van der Waals surface area (Å²) in [5, 5.41) is 2.99. The molecule has 0 aliphatic carbocycles. The van der Waals surface area contributed by atoms with E-state index in [1.807, 2.05) is 0 Å². The number of thiol groups is 1. The number of carbonyl (C=O) groups excluding carboxylic acids is 2. The van der Waals surface area contributed by atoms with Crippen molar-refractivity contribution in [2.75, 3.05) is 20.7 Å². The van der Waals surface area contributed by atoms with Crippen molar-refractivity contribution in [2.24, 2.45) is 0 Å². The molecule has 1 N–H and O–H groups in total. The Bertz CT molecular complexity index is 1310. The first kappa shape index (κ1) is 26.0. The number of pyridine rings is 1. The number of rotatable bonds is 11. The van der Waals surface area contributed by atoms with Gasteiger partial charge in [0.2, 0.25) is 16.6 Å². The number of nitrogens with one attached hydrogen (secondary N) is 1. The summed E-state index contributed by atoms with van der Waals surface area (Å²) in [6.07, 6.45) is 2.65. The number of hydrogen-bond acceptors (Lipinski definition) is 7. The lowest BCUT2D eigenvalue weighted by molar-refractivity contribution is -0.140. The van der Waals surface area contributed by atoms with Crippen molar-refractivity contribution in [1.29, 1.82) is 0 Å². The summed E-state index contributed by atoms with van der Waals surface area (Å²) in [6.45, 7) is 3.93. The summed E-state index contributed by atoms with van der Waals surface area (Å²) >= 11 is 0. The second kappa shape index (κ2) is 11.7. The number of unbranched alkanes of at least 4 members (excludes halogenated alkanes) is 1. The predicted octanol–water partition coefficient (Wildman–Crippen LogP) is 3.31. The first-order chi connectivity index (χ1) is 16.8. The molecule has 0 spiro atoms. The van der Waals surface area contributed by atoms with Gasteiger partial charge in [0.05, 0.1) is 30.3 Å². The van der Waals surface area contributed by atoms with Crippen molar-refractivity contribution in [3.05, 3.63) is 59.5 Å². The molecule has 0 unspecified atom stereocenters. The number of aromatic nitrogens is 1. The van der Waals surface area contributed by atoms with E-state index in [1.54, 1.807) is 6.07 Å². The van der Waals surface area contributed by atoms with Crippen molar-refractivity contribution < 1.29 is 31.6 Å². The van der Waals surface area contributed by atoms with Gasteiger partial charge in [0.15, 0.2) is 0 Å². The van der Waals surface area contributed by atoms with Gasteiger partial charge in [-0.25, -0.2) is 17.8 Å². The summed E-state index contributed by atoms with van der Waals surface area (Å²) in [6, 6.07) is 7.17. The second-order valence-electron chi connectivity index (χ2n) is 7.63. The fourth-order valence-electron chi connectivity index (χ4n) is 3.59. The number of furan rings is 1. The van der Waals surface area contributed by atoms with Crippen LogP contribution >= 0.6 is 0 Å². The van der Waals surface area contributed by atoms with E-state index in [-0.39, 0.29) is 42.5 Å². The van der Waals surface area contributed by atoms with Gasteiger partial charge < -0.3 is 14.5 Å². The largest absolute Gasteiger partial charge is 0.469 e. The lowest BCUT2D eigenvalue weighted by Crippen LogP contribution is -2.24. The number of halogens is 1. The number of nitrogens with zero attached hydrogens (tertiary/aromatic N) is 2. The highest BCUT2D eigenvalue weighted by atomic mass is 32.2. The maximum Gasteiger partial charge on any atom is 0.305 e. The quantitative estimate of drug-likeness (QED) is 0.234. The van der Waals surface area contributed by atoms with Crippen molar-refractivity contribution in [3.63, 3.8) is 0 Å². The standard InChI is InChI=1S/C24H26FN3O6S/c1-4-15-13-18-21(23(30)26-2)22(16-8-10-17(25)11-9-16)34-24(18)27-19(15)14-28(35(31)32)12-6-5-7-20(29)33-3/h4,8-11,13,35H,1,5-7,12,14H2,2-3H3,(H,26,30). The van der Waals surface area contributed by atoms with Crippen LogP contribution in [0.4, 0.5) is 4.39 Å². The number of methoxy groups -OCH3 is 1. The molecular weight excluding hydrogens is 477 g/mol. The molecule has 1 aromatic carbocycles. The van der Waals surface area contributed by atoms with Gasteiger partial charge in [0.1, 0.15) is 11.6 Å². The van der Waals surface area contributed by atoms with Crippen molar-refractivity contribution >= 4 is 39.9 Å². The summed E-state index contributed by atoms with van der Waals surface area (Å²) in [7, 11) is -0.144. The number of esters is 1. The molecule has 186 valence electrons. The summed E-state index contributed by atoms with van der Waals surface area (Å²) in [4.78, 5) is 28.5. The molecule has 0 aliphatic rings. The van der Waals surface area contributed by atoms with Gasteiger partial charge in [-0.05, 0) is 48.7 Å². The molecule has 35 heavy (non-hydrogen) atoms. The van der Waals surface area contributed by atoms with Crippen LogP contribution in [0.3, 0.4) is 0 Å². The Hall–Kier alpha value is -3.57. The molecule has 2 heterocycles. The van der Waals surface area contributed by atoms with Gasteiger partial charge in [-0.3, -0.25) is 9.59 Å². The average Bonchev–Trinajstić information content (AvgIpc) is 3.22. The maximum atomic E-state index is 13.4. The van der Waals surface area contributed by atoms with Gasteiger partial charge in [-0.2, -0.15) is 4.31 Å². The maximum absolute atomic E-state index is 13.4. The molecule has 0 bridgehead atoms. The van der Waals surface area contributed by atoms with Gasteiger partial charge >= 0.3 is 5.97 Å². The third-order valence-electron chi connectivity index (χ3n) is 5.41. The van der Waals surface area contributed by atoms with Crippen LogP contribution in [-0.4, -0.2) is 50.3 Å². The highest BCUT2D eigenvalue weighted by Crippen LogP contribution is 2.34. The van der Waals surface area contributed by atoms with Crippen LogP contribution in [0.15, 0.2) is 41.3 Å². The van der Waals surface area contributed by atoms with Crippen LogP contribution in [0.1, 0.15) is 40.9 Å². The topological polar surface area (TPSA) is 119 Å². The third-order valence-corrected chi connectivity index (χ3v) is 6.22. The van der Waals surface area contributed by atoms with Crippen LogP contribution in [0.2, 0.25) is 0 Å². The molecule has 9 nitrogen and oxygen atoms in total. The third kappa shape index (κ3) is 6.11. The minimum atomic E-state index is -2.92. The van der Waals surface area contributed by atoms with Crippen LogP contribution in [-0.2, 0) is 27.0 Å². The zero-order valence-corrected chi connectivity index (χ0v) is 20.3. The van der Waals surface area contributed by atoms with E-state index >= 15 is 0 Å². The van der Waals surface area contributed by atoms with E-state index in [4.69, 9.17) is 4.42 Å². The van der Waals surface area contributed by atoms with Crippen LogP contribution in [0.25, 0.3) is 28.5 Å². The molecule has 0 fully saturated rings. The summed E-state index contributed by atoms with van der Waals surface area (Å²) < 4.78 is 48.9. The van der Waals surface area contributed by atoms with Crippen molar-refractivity contribution in [2.45, 2.75) is 25.8 Å². The van der Waals surface area contributed by atoms with Gasteiger partial charge in [0, 0.05) is 25.6 Å². The molecule has 3 rings (SSSR count). The minimum Gasteiger partial charge on any atom is -0.469 e. The SMILES string of the molecule is C=Cc1cc2c(C(=O)NC)c(-c3ccc(F)cc3)oc2nc1CN(CCCCC(=O)OC)[SH](=O)=O. The van der Waals surface area contributed by atoms with E-state index in [0.717, 1.165) is 0 Å². The molecule has 3 aromatic rings. The number of carbonyl (C=O) groups is 2. The van der Waals surface area contributed by atoms with Gasteiger partial charge in [0.25, 0.3) is 5.91 Å². The highest BCUT2D eigenvalue weighted by Gasteiger charge is 2.24. The summed E-state index contributed by atoms with van der Waals surface area (Å²) in [5.74, 6) is -0.985. The molecule has 2 aromatic heterocycles. The monoisotopic (exact) mass is 503 g/mol. The molecule has 0 saturated heterocycles. The van der Waals surface area contributed by atoms with Gasteiger partial charge in [-0.1, -0.05) is 12.7 Å². The number of amides is 1. The average molecular weight is 504 g/mol. The Labute approximate surface area is 203 Å². The predicted molar refractivity (Wildman–Crippen MR) is 129 cm³/mol. The van der Waals surface area contributed by atoms with E-state index in [0.29, 0.717) is 35.0 Å². The smallest absolute Gasteiger partial charge is 0.305 e. The fraction of sp³-hybridized carbons (Fsp3) is 0.292. The Morgan fingerprint density at radius 3 is 2.57 bits per heavy atom. The second-order valence-corrected chi connectivity index (χ2v) is 8.67. The van der Waals surface area contributed by atoms with Gasteiger partial charge in [-0.15, -0.1) is 0 Å². The molecule has 1 amide bonds. The lowest BCUT2D eigenvalue weighted by Gasteiger charge is -2.16. The van der Waals surface area contributed by atoms with E-state index < -0.39 is 22.6 Å². The molecule has 0 saturated carbocycles. The molecule has 0 atom stereocenters. The van der Waals surface area contributed by atoms with E-state index in [1.165, 1.54) is 48.8 Å². The molecule has 11 heteroatoms. The highest BCUT2D eigenvalue weighted by molar-refractivity contribution is 7.69. The van der Waals surface area contributed by atoms with E-state index in [9.17, 15) is 22.4 Å². The van der Waals surface area contributed by atoms with Crippen LogP contribution in [0, 0.1) is 5.82 Å². The summed E-state index contributed by atoms with van der Waals surface area (Å²) in [5.41, 5.74) is 1.77. The molecular formula is C24H26FN3O6S. The van der Waals surface area contributed by atoms with Crippen molar-refractivity contribution in [1.82, 2.24) is 14.6 Å². The fourth-order valence-corrected chi connectivity index (χ4v) is 4.14. The lowest BCUT2D eigenvalue weighted by atomic mass is 10.0. The Morgan fingerprint density at radius 2 is 1.97 bits per heavy atom. The number of ether oxygens (including phenoxy) is 1. The normalized spacial score (nSPS) is 11.2. The minimum absolute atomic E-state index is 0.0455. The van der Waals surface area contributed by atoms with E-state index in [2.05, 4.69) is 21.6 Å². The first-order valence-electron chi connectivity index (χ1n) is 10.8. The zero-order chi connectivity index (χ0) is 25.5. The molecule has 0 radical (unpaired) electrons.